The molecule has 2 atom stereocenters. The molecule has 0 radical (unpaired) electrons. The predicted octanol–water partition coefficient (Wildman–Crippen LogP) is 1.61. The molecule has 0 spiro atoms. The third kappa shape index (κ3) is 3.35. The van der Waals surface area contributed by atoms with Crippen LogP contribution in [0.3, 0.4) is 0 Å². The molecule has 0 aromatic rings. The maximum Gasteiger partial charge on any atom is 0.309 e. The highest BCUT2D eigenvalue weighted by Crippen LogP contribution is 2.39. The smallest absolute Gasteiger partial charge is 0.309 e. The SMILES string of the molecule is CCOC(=O)[C@H]1C[C@@H]1COC(C)C. The molecule has 0 aliphatic heterocycles. The summed E-state index contributed by atoms with van der Waals surface area (Å²) in [6, 6.07) is 0. The first-order valence-electron chi connectivity index (χ1n) is 4.93. The lowest BCUT2D eigenvalue weighted by Gasteiger charge is -2.06. The van der Waals surface area contributed by atoms with E-state index in [2.05, 4.69) is 0 Å². The second-order valence-electron chi connectivity index (χ2n) is 3.74. The van der Waals surface area contributed by atoms with Crippen molar-refractivity contribution in [1.82, 2.24) is 0 Å². The molecule has 3 heteroatoms. The Balaban J connectivity index is 2.11. The van der Waals surface area contributed by atoms with Gasteiger partial charge in [-0.1, -0.05) is 0 Å². The van der Waals surface area contributed by atoms with Gasteiger partial charge < -0.3 is 9.47 Å². The predicted molar refractivity (Wildman–Crippen MR) is 49.3 cm³/mol. The van der Waals surface area contributed by atoms with Crippen LogP contribution in [0, 0.1) is 11.8 Å². The Hall–Kier alpha value is -0.570. The van der Waals surface area contributed by atoms with Gasteiger partial charge in [0.05, 0.1) is 25.2 Å². The van der Waals surface area contributed by atoms with E-state index in [9.17, 15) is 4.79 Å². The normalized spacial score (nSPS) is 26.2. The molecule has 13 heavy (non-hydrogen) atoms. The van der Waals surface area contributed by atoms with E-state index < -0.39 is 0 Å². The Morgan fingerprint density at radius 1 is 1.54 bits per heavy atom. The number of carbonyl (C=O) groups excluding carboxylic acids is 1. The van der Waals surface area contributed by atoms with Crippen molar-refractivity contribution >= 4 is 5.97 Å². The summed E-state index contributed by atoms with van der Waals surface area (Å²) in [6.07, 6.45) is 1.19. The lowest BCUT2D eigenvalue weighted by molar-refractivity contribution is -0.145. The van der Waals surface area contributed by atoms with Crippen LogP contribution in [0.25, 0.3) is 0 Å². The molecule has 0 saturated heterocycles. The minimum absolute atomic E-state index is 0.0557. The van der Waals surface area contributed by atoms with Crippen LogP contribution in [0.4, 0.5) is 0 Å². The van der Waals surface area contributed by atoms with Gasteiger partial charge >= 0.3 is 5.97 Å². The molecule has 76 valence electrons. The minimum Gasteiger partial charge on any atom is -0.466 e. The fourth-order valence-corrected chi connectivity index (χ4v) is 1.29. The van der Waals surface area contributed by atoms with Gasteiger partial charge in [0, 0.05) is 0 Å². The topological polar surface area (TPSA) is 35.5 Å². The Morgan fingerprint density at radius 3 is 2.77 bits per heavy atom. The van der Waals surface area contributed by atoms with Crippen molar-refractivity contribution in [2.45, 2.75) is 33.3 Å². The van der Waals surface area contributed by atoms with Crippen LogP contribution in [-0.2, 0) is 14.3 Å². The highest BCUT2D eigenvalue weighted by Gasteiger charge is 2.44. The fraction of sp³-hybridized carbons (Fsp3) is 0.900. The molecular weight excluding hydrogens is 168 g/mol. The summed E-state index contributed by atoms with van der Waals surface area (Å²) < 4.78 is 10.3. The third-order valence-corrected chi connectivity index (χ3v) is 2.16. The van der Waals surface area contributed by atoms with Gasteiger partial charge in [-0.15, -0.1) is 0 Å². The number of hydrogen-bond donors (Lipinski definition) is 0. The van der Waals surface area contributed by atoms with E-state index in [1.54, 1.807) is 0 Å². The quantitative estimate of drug-likeness (QED) is 0.612. The zero-order valence-corrected chi connectivity index (χ0v) is 8.58. The van der Waals surface area contributed by atoms with Crippen LogP contribution in [0.2, 0.25) is 0 Å². The lowest BCUT2D eigenvalue weighted by Crippen LogP contribution is -2.11. The standard InChI is InChI=1S/C10H18O3/c1-4-12-10(11)9-5-8(9)6-13-7(2)3/h7-9H,4-6H2,1-3H3/t8-,9+/m1/s1. The molecule has 0 aromatic carbocycles. The zero-order valence-electron chi connectivity index (χ0n) is 8.58. The average Bonchev–Trinajstić information content (AvgIpc) is 2.80. The van der Waals surface area contributed by atoms with Crippen molar-refractivity contribution in [3.05, 3.63) is 0 Å². The van der Waals surface area contributed by atoms with E-state index in [0.29, 0.717) is 19.1 Å². The number of ether oxygens (including phenoxy) is 2. The first-order chi connectivity index (χ1) is 6.15. The molecule has 1 aliphatic rings. The van der Waals surface area contributed by atoms with Crippen LogP contribution >= 0.6 is 0 Å². The van der Waals surface area contributed by atoms with E-state index in [1.165, 1.54) is 0 Å². The van der Waals surface area contributed by atoms with Gasteiger partial charge in [0.2, 0.25) is 0 Å². The zero-order chi connectivity index (χ0) is 9.84. The van der Waals surface area contributed by atoms with Gasteiger partial charge in [0.1, 0.15) is 0 Å². The van der Waals surface area contributed by atoms with Gasteiger partial charge in [0.25, 0.3) is 0 Å². The monoisotopic (exact) mass is 186 g/mol. The second kappa shape index (κ2) is 4.61. The van der Waals surface area contributed by atoms with Crippen LogP contribution in [0.5, 0.6) is 0 Å². The lowest BCUT2D eigenvalue weighted by atomic mass is 10.3. The van der Waals surface area contributed by atoms with E-state index in [0.717, 1.165) is 6.42 Å². The Morgan fingerprint density at radius 2 is 2.23 bits per heavy atom. The Kier molecular flexibility index (Phi) is 3.72. The molecular formula is C10H18O3. The summed E-state index contributed by atoms with van der Waals surface area (Å²) in [4.78, 5) is 11.2. The van der Waals surface area contributed by atoms with Crippen molar-refractivity contribution in [2.75, 3.05) is 13.2 Å². The van der Waals surface area contributed by atoms with Gasteiger partial charge in [-0.05, 0) is 33.1 Å². The number of esters is 1. The van der Waals surface area contributed by atoms with E-state index >= 15 is 0 Å². The molecule has 0 aromatic heterocycles. The fourth-order valence-electron chi connectivity index (χ4n) is 1.29. The summed E-state index contributed by atoms with van der Waals surface area (Å²) in [6.45, 7) is 7.01. The van der Waals surface area contributed by atoms with Crippen LogP contribution < -0.4 is 0 Å². The number of carbonyl (C=O) groups is 1. The molecule has 1 fully saturated rings. The molecule has 0 heterocycles. The largest absolute Gasteiger partial charge is 0.466 e. The molecule has 0 N–H and O–H groups in total. The van der Waals surface area contributed by atoms with Crippen LogP contribution in [0.1, 0.15) is 27.2 Å². The molecule has 1 saturated carbocycles. The summed E-state index contributed by atoms with van der Waals surface area (Å²) in [7, 11) is 0. The summed E-state index contributed by atoms with van der Waals surface area (Å²) in [5, 5.41) is 0. The number of rotatable bonds is 5. The maximum atomic E-state index is 11.2. The Labute approximate surface area is 79.4 Å². The van der Waals surface area contributed by atoms with Crippen molar-refractivity contribution in [3.63, 3.8) is 0 Å². The van der Waals surface area contributed by atoms with E-state index in [4.69, 9.17) is 9.47 Å². The molecule has 0 bridgehead atoms. The Bertz CT molecular complexity index is 177. The van der Waals surface area contributed by atoms with Crippen molar-refractivity contribution in [2.24, 2.45) is 11.8 Å². The molecule has 1 aliphatic carbocycles. The van der Waals surface area contributed by atoms with Crippen molar-refractivity contribution in [3.8, 4) is 0 Å². The van der Waals surface area contributed by atoms with Crippen LogP contribution in [-0.4, -0.2) is 25.3 Å². The third-order valence-electron chi connectivity index (χ3n) is 2.16. The van der Waals surface area contributed by atoms with Crippen LogP contribution in [0.15, 0.2) is 0 Å². The summed E-state index contributed by atoms with van der Waals surface area (Å²) in [5.41, 5.74) is 0. The minimum atomic E-state index is -0.0557. The van der Waals surface area contributed by atoms with Gasteiger partial charge in [-0.25, -0.2) is 0 Å². The molecule has 3 nitrogen and oxygen atoms in total. The van der Waals surface area contributed by atoms with E-state index in [-0.39, 0.29) is 18.0 Å². The van der Waals surface area contributed by atoms with E-state index in [1.807, 2.05) is 20.8 Å². The maximum absolute atomic E-state index is 11.2. The molecule has 1 rings (SSSR count). The highest BCUT2D eigenvalue weighted by molar-refractivity contribution is 5.75. The summed E-state index contributed by atoms with van der Waals surface area (Å²) in [5.74, 6) is 0.458. The highest BCUT2D eigenvalue weighted by atomic mass is 16.5. The first kappa shape index (κ1) is 10.5. The van der Waals surface area contributed by atoms with Gasteiger partial charge in [0.15, 0.2) is 0 Å². The number of hydrogen-bond acceptors (Lipinski definition) is 3. The summed E-state index contributed by atoms with van der Waals surface area (Å²) >= 11 is 0. The molecule has 0 amide bonds. The first-order valence-corrected chi connectivity index (χ1v) is 4.93. The second-order valence-corrected chi connectivity index (χ2v) is 3.74. The van der Waals surface area contributed by atoms with Gasteiger partial charge in [-0.2, -0.15) is 0 Å². The average molecular weight is 186 g/mol. The van der Waals surface area contributed by atoms with Gasteiger partial charge in [-0.3, -0.25) is 4.79 Å². The van der Waals surface area contributed by atoms with Crippen molar-refractivity contribution in [1.29, 1.82) is 0 Å². The molecule has 0 unspecified atom stereocenters. The van der Waals surface area contributed by atoms with Crippen molar-refractivity contribution < 1.29 is 14.3 Å².